The lowest BCUT2D eigenvalue weighted by atomic mass is 10.1. The van der Waals surface area contributed by atoms with Crippen LogP contribution < -0.4 is 0 Å². The Morgan fingerprint density at radius 2 is 2.00 bits per heavy atom. The lowest BCUT2D eigenvalue weighted by molar-refractivity contribution is 0.0367. The summed E-state index contributed by atoms with van der Waals surface area (Å²) in [4.78, 5) is 17.8. The first-order valence-electron chi connectivity index (χ1n) is 6.25. The number of rotatable bonds is 1. The maximum Gasteiger partial charge on any atom is 0.415 e. The van der Waals surface area contributed by atoms with Gasteiger partial charge in [-0.05, 0) is 39.0 Å². The number of pyridine rings is 1. The average molecular weight is 258 g/mol. The van der Waals surface area contributed by atoms with Gasteiger partial charge in [0.05, 0.1) is 5.70 Å². The van der Waals surface area contributed by atoms with Gasteiger partial charge in [-0.3, -0.25) is 9.88 Å². The highest BCUT2D eigenvalue weighted by Gasteiger charge is 2.25. The van der Waals surface area contributed by atoms with Crippen molar-refractivity contribution in [1.82, 2.24) is 9.88 Å². The summed E-state index contributed by atoms with van der Waals surface area (Å²) in [5.74, 6) is 0. The van der Waals surface area contributed by atoms with Crippen LogP contribution in [0.5, 0.6) is 0 Å². The van der Waals surface area contributed by atoms with Crippen molar-refractivity contribution in [3.8, 4) is 0 Å². The maximum atomic E-state index is 12.2. The van der Waals surface area contributed by atoms with E-state index in [1.165, 1.54) is 0 Å². The largest absolute Gasteiger partial charge is 0.443 e. The van der Waals surface area contributed by atoms with Crippen LogP contribution >= 0.6 is 0 Å². The zero-order valence-corrected chi connectivity index (χ0v) is 11.5. The van der Waals surface area contributed by atoms with Gasteiger partial charge in [0.25, 0.3) is 0 Å². The summed E-state index contributed by atoms with van der Waals surface area (Å²) in [6, 6.07) is 3.75. The Morgan fingerprint density at radius 3 is 2.63 bits per heavy atom. The molecule has 0 aromatic carbocycles. The Kier molecular flexibility index (Phi) is 3.69. The molecule has 1 aromatic rings. The monoisotopic (exact) mass is 258 g/mol. The fraction of sp³-hybridized carbons (Fsp3) is 0.333. The topological polar surface area (TPSA) is 42.4 Å². The van der Waals surface area contributed by atoms with E-state index >= 15 is 0 Å². The van der Waals surface area contributed by atoms with Gasteiger partial charge in [0.2, 0.25) is 0 Å². The molecule has 1 aliphatic rings. The number of carbonyl (C=O) groups is 1. The van der Waals surface area contributed by atoms with Crippen LogP contribution in [0.25, 0.3) is 5.70 Å². The third-order valence-corrected chi connectivity index (χ3v) is 2.56. The van der Waals surface area contributed by atoms with Crippen molar-refractivity contribution >= 4 is 11.8 Å². The molecule has 100 valence electrons. The summed E-state index contributed by atoms with van der Waals surface area (Å²) in [6.07, 6.45) is 8.86. The van der Waals surface area contributed by atoms with Crippen LogP contribution in [0, 0.1) is 0 Å². The van der Waals surface area contributed by atoms with Crippen LogP contribution in [0.15, 0.2) is 42.8 Å². The molecule has 0 saturated heterocycles. The van der Waals surface area contributed by atoms with Gasteiger partial charge in [0.1, 0.15) is 5.60 Å². The van der Waals surface area contributed by atoms with Crippen LogP contribution in [-0.4, -0.2) is 28.1 Å². The maximum absolute atomic E-state index is 12.2. The van der Waals surface area contributed by atoms with Crippen molar-refractivity contribution in [2.75, 3.05) is 6.54 Å². The SMILES string of the molecule is CC(C)(C)OC(=O)N1CC=CC=C1c1ccncc1. The molecule has 19 heavy (non-hydrogen) atoms. The number of hydrogen-bond acceptors (Lipinski definition) is 3. The normalized spacial score (nSPS) is 15.1. The summed E-state index contributed by atoms with van der Waals surface area (Å²) in [7, 11) is 0. The summed E-state index contributed by atoms with van der Waals surface area (Å²) in [5, 5.41) is 0. The molecule has 0 saturated carbocycles. The van der Waals surface area contributed by atoms with Gasteiger partial charge in [0, 0.05) is 24.5 Å². The van der Waals surface area contributed by atoms with Crippen molar-refractivity contribution in [3.63, 3.8) is 0 Å². The molecule has 2 heterocycles. The second-order valence-electron chi connectivity index (χ2n) is 5.31. The van der Waals surface area contributed by atoms with Gasteiger partial charge in [0.15, 0.2) is 0 Å². The quantitative estimate of drug-likeness (QED) is 0.776. The Hall–Kier alpha value is -2.10. The highest BCUT2D eigenvalue weighted by Crippen LogP contribution is 2.23. The Balaban J connectivity index is 2.24. The zero-order chi connectivity index (χ0) is 13.9. The zero-order valence-electron chi connectivity index (χ0n) is 11.5. The molecule has 1 amide bonds. The van der Waals surface area contributed by atoms with E-state index in [9.17, 15) is 4.79 Å². The predicted molar refractivity (Wildman–Crippen MR) is 74.3 cm³/mol. The number of hydrogen-bond donors (Lipinski definition) is 0. The van der Waals surface area contributed by atoms with E-state index in [4.69, 9.17) is 4.74 Å². The van der Waals surface area contributed by atoms with E-state index in [1.807, 2.05) is 51.1 Å². The molecule has 0 N–H and O–H groups in total. The fourth-order valence-corrected chi connectivity index (χ4v) is 1.78. The first-order valence-corrected chi connectivity index (χ1v) is 6.25. The number of amides is 1. The van der Waals surface area contributed by atoms with Gasteiger partial charge in [-0.25, -0.2) is 4.79 Å². The molecule has 4 heteroatoms. The van der Waals surface area contributed by atoms with Gasteiger partial charge in [-0.1, -0.05) is 12.2 Å². The van der Waals surface area contributed by atoms with Crippen LogP contribution in [0.2, 0.25) is 0 Å². The summed E-state index contributed by atoms with van der Waals surface area (Å²) >= 11 is 0. The number of carbonyl (C=O) groups excluding carboxylic acids is 1. The number of nitrogens with zero attached hydrogens (tertiary/aromatic N) is 2. The molecular formula is C15H18N2O2. The van der Waals surface area contributed by atoms with Crippen molar-refractivity contribution in [1.29, 1.82) is 0 Å². The van der Waals surface area contributed by atoms with E-state index in [1.54, 1.807) is 17.3 Å². The van der Waals surface area contributed by atoms with E-state index in [0.29, 0.717) is 6.54 Å². The lowest BCUT2D eigenvalue weighted by Crippen LogP contribution is -2.36. The minimum Gasteiger partial charge on any atom is -0.443 e. The average Bonchev–Trinajstić information content (AvgIpc) is 2.38. The van der Waals surface area contributed by atoms with Crippen molar-refractivity contribution in [2.45, 2.75) is 26.4 Å². The van der Waals surface area contributed by atoms with Crippen molar-refractivity contribution < 1.29 is 9.53 Å². The molecule has 0 atom stereocenters. The second kappa shape index (κ2) is 5.26. The molecule has 1 aromatic heterocycles. The minimum absolute atomic E-state index is 0.333. The molecule has 0 fully saturated rings. The van der Waals surface area contributed by atoms with Gasteiger partial charge in [-0.2, -0.15) is 0 Å². The van der Waals surface area contributed by atoms with E-state index in [-0.39, 0.29) is 6.09 Å². The molecule has 0 radical (unpaired) electrons. The van der Waals surface area contributed by atoms with Crippen molar-refractivity contribution in [2.24, 2.45) is 0 Å². The molecule has 0 spiro atoms. The molecule has 4 nitrogen and oxygen atoms in total. The minimum atomic E-state index is -0.498. The summed E-state index contributed by atoms with van der Waals surface area (Å²) < 4.78 is 5.43. The number of ether oxygens (including phenoxy) is 1. The molecular weight excluding hydrogens is 240 g/mol. The Morgan fingerprint density at radius 1 is 1.32 bits per heavy atom. The smallest absolute Gasteiger partial charge is 0.415 e. The first kappa shape index (κ1) is 13.3. The van der Waals surface area contributed by atoms with E-state index in [2.05, 4.69) is 4.98 Å². The third-order valence-electron chi connectivity index (χ3n) is 2.56. The highest BCUT2D eigenvalue weighted by atomic mass is 16.6. The summed E-state index contributed by atoms with van der Waals surface area (Å²) in [5.41, 5.74) is 1.28. The molecule has 1 aliphatic heterocycles. The first-order chi connectivity index (χ1) is 8.97. The lowest BCUT2D eigenvalue weighted by Gasteiger charge is -2.29. The highest BCUT2D eigenvalue weighted by molar-refractivity contribution is 5.83. The van der Waals surface area contributed by atoms with Crippen molar-refractivity contribution in [3.05, 3.63) is 48.3 Å². The Labute approximate surface area is 113 Å². The van der Waals surface area contributed by atoms with Gasteiger partial charge < -0.3 is 4.74 Å². The fourth-order valence-electron chi connectivity index (χ4n) is 1.78. The van der Waals surface area contributed by atoms with Crippen LogP contribution in [0.1, 0.15) is 26.3 Å². The van der Waals surface area contributed by atoms with Crippen LogP contribution in [0.3, 0.4) is 0 Å². The molecule has 0 unspecified atom stereocenters. The Bertz CT molecular complexity index is 513. The van der Waals surface area contributed by atoms with Crippen LogP contribution in [-0.2, 0) is 4.74 Å². The van der Waals surface area contributed by atoms with E-state index < -0.39 is 5.60 Å². The molecule has 2 rings (SSSR count). The van der Waals surface area contributed by atoms with Gasteiger partial charge >= 0.3 is 6.09 Å². The second-order valence-corrected chi connectivity index (χ2v) is 5.31. The predicted octanol–water partition coefficient (Wildman–Crippen LogP) is 3.23. The van der Waals surface area contributed by atoms with E-state index in [0.717, 1.165) is 11.3 Å². The third kappa shape index (κ3) is 3.44. The number of allylic oxidation sites excluding steroid dienone is 2. The molecule has 0 bridgehead atoms. The van der Waals surface area contributed by atoms with Gasteiger partial charge in [-0.15, -0.1) is 0 Å². The summed E-state index contributed by atoms with van der Waals surface area (Å²) in [6.45, 7) is 6.10. The standard InChI is InChI=1S/C15H18N2O2/c1-15(2,3)19-14(18)17-11-5-4-6-13(17)12-7-9-16-10-8-12/h4-10H,11H2,1-3H3. The number of aromatic nitrogens is 1. The molecule has 0 aliphatic carbocycles. The van der Waals surface area contributed by atoms with Crippen LogP contribution in [0.4, 0.5) is 4.79 Å².